The van der Waals surface area contributed by atoms with E-state index in [2.05, 4.69) is 17.3 Å². The number of nitrogens with one attached hydrogen (secondary N) is 1. The van der Waals surface area contributed by atoms with Crippen molar-refractivity contribution >= 4 is 11.5 Å². The highest BCUT2D eigenvalue weighted by Gasteiger charge is 2.30. The maximum absolute atomic E-state index is 11.3. The van der Waals surface area contributed by atoms with Gasteiger partial charge in [0.15, 0.2) is 0 Å². The van der Waals surface area contributed by atoms with Crippen molar-refractivity contribution in [3.05, 3.63) is 15.8 Å². The van der Waals surface area contributed by atoms with Crippen molar-refractivity contribution in [2.45, 2.75) is 58.4 Å². The molecular formula is C14H24N4O2. The van der Waals surface area contributed by atoms with Gasteiger partial charge in [-0.15, -0.1) is 0 Å². The van der Waals surface area contributed by atoms with Crippen molar-refractivity contribution in [3.63, 3.8) is 0 Å². The molecule has 2 unspecified atom stereocenters. The molecule has 6 nitrogen and oxygen atoms in total. The summed E-state index contributed by atoms with van der Waals surface area (Å²) in [7, 11) is 1.78. The number of hydrogen-bond donors (Lipinski definition) is 1. The molecule has 1 heterocycles. The van der Waals surface area contributed by atoms with E-state index in [9.17, 15) is 10.1 Å². The van der Waals surface area contributed by atoms with Crippen LogP contribution in [0.4, 0.5) is 11.5 Å². The van der Waals surface area contributed by atoms with E-state index in [-0.39, 0.29) is 10.6 Å². The number of aromatic nitrogens is 2. The number of nitro groups is 1. The monoisotopic (exact) mass is 280 g/mol. The van der Waals surface area contributed by atoms with Gasteiger partial charge in [0, 0.05) is 13.1 Å². The van der Waals surface area contributed by atoms with Gasteiger partial charge in [-0.25, -0.2) is 4.68 Å². The molecule has 20 heavy (non-hydrogen) atoms. The van der Waals surface area contributed by atoms with Gasteiger partial charge in [-0.1, -0.05) is 33.1 Å². The summed E-state index contributed by atoms with van der Waals surface area (Å²) in [5.74, 6) is 1.17. The minimum absolute atomic E-state index is 0.149. The van der Waals surface area contributed by atoms with Crippen LogP contribution in [0.2, 0.25) is 0 Å². The van der Waals surface area contributed by atoms with E-state index in [0.717, 1.165) is 12.8 Å². The normalized spacial score (nSPS) is 22.8. The second-order valence-corrected chi connectivity index (χ2v) is 5.58. The zero-order valence-corrected chi connectivity index (χ0v) is 12.6. The standard InChI is InChI=1S/C14H24N4O2/c1-4-10-8-6-7-9-12(10)15-14-13(18(19)20)11(5-2)16-17(14)3/h10,12,15H,4-9H2,1-3H3. The second kappa shape index (κ2) is 6.24. The second-order valence-electron chi connectivity index (χ2n) is 5.58. The smallest absolute Gasteiger partial charge is 0.333 e. The molecule has 2 atom stereocenters. The molecule has 1 N–H and O–H groups in total. The Hall–Kier alpha value is -1.59. The molecular weight excluding hydrogens is 256 g/mol. The van der Waals surface area contributed by atoms with Crippen LogP contribution in [0, 0.1) is 16.0 Å². The van der Waals surface area contributed by atoms with Gasteiger partial charge in [0.2, 0.25) is 5.82 Å². The highest BCUT2D eigenvalue weighted by Crippen LogP contribution is 2.34. The topological polar surface area (TPSA) is 73.0 Å². The van der Waals surface area contributed by atoms with E-state index in [1.165, 1.54) is 19.3 Å². The summed E-state index contributed by atoms with van der Waals surface area (Å²) in [6.45, 7) is 4.09. The molecule has 1 aliphatic rings. The molecule has 1 aromatic heterocycles. The summed E-state index contributed by atoms with van der Waals surface area (Å²) in [4.78, 5) is 11.0. The van der Waals surface area contributed by atoms with E-state index in [1.54, 1.807) is 11.7 Å². The van der Waals surface area contributed by atoms with Gasteiger partial charge in [0.1, 0.15) is 5.69 Å². The van der Waals surface area contributed by atoms with E-state index >= 15 is 0 Å². The minimum Gasteiger partial charge on any atom is -0.362 e. The Labute approximate surface area is 119 Å². The Balaban J connectivity index is 2.28. The lowest BCUT2D eigenvalue weighted by atomic mass is 9.83. The average molecular weight is 280 g/mol. The summed E-state index contributed by atoms with van der Waals surface area (Å²) in [5.41, 5.74) is 0.708. The van der Waals surface area contributed by atoms with Crippen LogP contribution in [-0.2, 0) is 13.5 Å². The minimum atomic E-state index is -0.308. The molecule has 6 heteroatoms. The lowest BCUT2D eigenvalue weighted by Gasteiger charge is -2.31. The first-order valence-corrected chi connectivity index (χ1v) is 7.55. The van der Waals surface area contributed by atoms with Gasteiger partial charge < -0.3 is 5.32 Å². The number of hydrogen-bond acceptors (Lipinski definition) is 4. The molecule has 1 aliphatic carbocycles. The Morgan fingerprint density at radius 1 is 1.40 bits per heavy atom. The lowest BCUT2D eigenvalue weighted by Crippen LogP contribution is -2.32. The summed E-state index contributed by atoms with van der Waals surface area (Å²) in [5, 5.41) is 19.0. The van der Waals surface area contributed by atoms with Crippen molar-refractivity contribution in [1.82, 2.24) is 9.78 Å². The summed E-state index contributed by atoms with van der Waals surface area (Å²) in [6.07, 6.45) is 6.45. The molecule has 1 fully saturated rings. The maximum atomic E-state index is 11.3. The number of nitrogens with zero attached hydrogens (tertiary/aromatic N) is 3. The molecule has 0 radical (unpaired) electrons. The Morgan fingerprint density at radius 2 is 2.10 bits per heavy atom. The van der Waals surface area contributed by atoms with Crippen molar-refractivity contribution in [3.8, 4) is 0 Å². The number of aryl methyl sites for hydroxylation is 2. The average Bonchev–Trinajstić information content (AvgIpc) is 2.76. The first-order chi connectivity index (χ1) is 9.58. The predicted octanol–water partition coefficient (Wildman–Crippen LogP) is 3.27. The van der Waals surface area contributed by atoms with Crippen LogP contribution in [0.1, 0.15) is 51.6 Å². The fourth-order valence-electron chi connectivity index (χ4n) is 3.22. The molecule has 0 aromatic carbocycles. The third kappa shape index (κ3) is 2.78. The van der Waals surface area contributed by atoms with Crippen molar-refractivity contribution < 1.29 is 4.92 Å². The Bertz CT molecular complexity index is 484. The lowest BCUT2D eigenvalue weighted by molar-refractivity contribution is -0.384. The molecule has 0 bridgehead atoms. The van der Waals surface area contributed by atoms with Crippen LogP contribution >= 0.6 is 0 Å². The Morgan fingerprint density at radius 3 is 2.70 bits per heavy atom. The largest absolute Gasteiger partial charge is 0.362 e. The Kier molecular flexibility index (Phi) is 4.62. The molecule has 1 saturated carbocycles. The van der Waals surface area contributed by atoms with Crippen LogP contribution in [0.15, 0.2) is 0 Å². The molecule has 0 spiro atoms. The van der Waals surface area contributed by atoms with Gasteiger partial charge in [0.05, 0.1) is 4.92 Å². The highest BCUT2D eigenvalue weighted by atomic mass is 16.6. The highest BCUT2D eigenvalue weighted by molar-refractivity contribution is 5.60. The number of anilines is 1. The van der Waals surface area contributed by atoms with E-state index in [0.29, 0.717) is 29.9 Å². The third-order valence-electron chi connectivity index (χ3n) is 4.37. The van der Waals surface area contributed by atoms with Crippen LogP contribution in [0.5, 0.6) is 0 Å². The van der Waals surface area contributed by atoms with Gasteiger partial charge >= 0.3 is 5.69 Å². The quantitative estimate of drug-likeness (QED) is 0.663. The fourth-order valence-corrected chi connectivity index (χ4v) is 3.22. The third-order valence-corrected chi connectivity index (χ3v) is 4.37. The van der Waals surface area contributed by atoms with Gasteiger partial charge in [0.25, 0.3) is 0 Å². The fraction of sp³-hybridized carbons (Fsp3) is 0.786. The molecule has 112 valence electrons. The summed E-state index contributed by atoms with van der Waals surface area (Å²) < 4.78 is 1.62. The van der Waals surface area contributed by atoms with Crippen LogP contribution in [0.3, 0.4) is 0 Å². The summed E-state index contributed by atoms with van der Waals surface area (Å²) in [6, 6.07) is 0.326. The van der Waals surface area contributed by atoms with Crippen molar-refractivity contribution in [1.29, 1.82) is 0 Å². The van der Waals surface area contributed by atoms with Crippen LogP contribution < -0.4 is 5.32 Å². The zero-order valence-electron chi connectivity index (χ0n) is 12.6. The first-order valence-electron chi connectivity index (χ1n) is 7.55. The zero-order chi connectivity index (χ0) is 14.7. The van der Waals surface area contributed by atoms with Crippen molar-refractivity contribution in [2.24, 2.45) is 13.0 Å². The molecule has 0 saturated heterocycles. The molecule has 0 aliphatic heterocycles. The first kappa shape index (κ1) is 14.8. The van der Waals surface area contributed by atoms with Gasteiger partial charge in [-0.05, 0) is 25.2 Å². The summed E-state index contributed by atoms with van der Waals surface area (Å²) >= 11 is 0. The van der Waals surface area contributed by atoms with Crippen LogP contribution in [0.25, 0.3) is 0 Å². The SMILES string of the molecule is CCc1nn(C)c(NC2CCCCC2CC)c1[N+](=O)[O-]. The molecule has 0 amide bonds. The van der Waals surface area contributed by atoms with E-state index < -0.39 is 0 Å². The van der Waals surface area contributed by atoms with Crippen LogP contribution in [-0.4, -0.2) is 20.7 Å². The van der Waals surface area contributed by atoms with Gasteiger partial charge in [-0.3, -0.25) is 10.1 Å². The van der Waals surface area contributed by atoms with E-state index in [1.807, 2.05) is 6.92 Å². The number of rotatable bonds is 5. The maximum Gasteiger partial charge on any atom is 0.333 e. The van der Waals surface area contributed by atoms with Gasteiger partial charge in [-0.2, -0.15) is 5.10 Å². The predicted molar refractivity (Wildman–Crippen MR) is 78.9 cm³/mol. The van der Waals surface area contributed by atoms with Crippen molar-refractivity contribution in [2.75, 3.05) is 5.32 Å². The molecule has 1 aromatic rings. The van der Waals surface area contributed by atoms with E-state index in [4.69, 9.17) is 0 Å². The molecule has 2 rings (SSSR count).